The second kappa shape index (κ2) is 9.93. The zero-order chi connectivity index (χ0) is 23.4. The average molecular weight is 451 g/mol. The summed E-state index contributed by atoms with van der Waals surface area (Å²) < 4.78 is 16.0. The van der Waals surface area contributed by atoms with Crippen LogP contribution in [0.4, 0.5) is 5.69 Å². The Kier molecular flexibility index (Phi) is 6.81. The summed E-state index contributed by atoms with van der Waals surface area (Å²) in [5, 5.41) is 3.29. The lowest BCUT2D eigenvalue weighted by molar-refractivity contribution is -0.152. The van der Waals surface area contributed by atoms with E-state index in [1.165, 1.54) is 6.07 Å². The molecule has 1 aliphatic heterocycles. The second-order valence-corrected chi connectivity index (χ2v) is 7.70. The van der Waals surface area contributed by atoms with E-state index in [1.807, 2.05) is 13.1 Å². The van der Waals surface area contributed by atoms with Crippen molar-refractivity contribution in [3.63, 3.8) is 0 Å². The van der Waals surface area contributed by atoms with Crippen LogP contribution in [0.25, 0.3) is 11.0 Å². The van der Waals surface area contributed by atoms with Crippen molar-refractivity contribution in [3.8, 4) is 0 Å². The summed E-state index contributed by atoms with van der Waals surface area (Å²) in [6, 6.07) is 8.06. The number of carbonyl (C=O) groups excluding carboxylic acids is 3. The third-order valence-corrected chi connectivity index (χ3v) is 5.39. The molecule has 4 rings (SSSR count). The molecule has 3 heterocycles. The first-order valence-corrected chi connectivity index (χ1v) is 10.8. The summed E-state index contributed by atoms with van der Waals surface area (Å²) in [4.78, 5) is 43.3. The molecule has 1 amide bonds. The van der Waals surface area contributed by atoms with Gasteiger partial charge in [0.15, 0.2) is 11.3 Å². The van der Waals surface area contributed by atoms with E-state index in [0.29, 0.717) is 42.3 Å². The molecule has 0 radical (unpaired) electrons. The van der Waals surface area contributed by atoms with Crippen molar-refractivity contribution in [2.45, 2.75) is 20.4 Å². The van der Waals surface area contributed by atoms with Crippen LogP contribution in [-0.2, 0) is 25.6 Å². The highest BCUT2D eigenvalue weighted by Crippen LogP contribution is 2.28. The van der Waals surface area contributed by atoms with E-state index >= 15 is 0 Å². The van der Waals surface area contributed by atoms with E-state index in [4.69, 9.17) is 9.15 Å². The van der Waals surface area contributed by atoms with Crippen molar-refractivity contribution >= 4 is 34.3 Å². The first-order chi connectivity index (χ1) is 16.0. The Morgan fingerprint density at radius 1 is 1.18 bits per heavy atom. The number of amides is 1. The largest absolute Gasteiger partial charge is 0.459 e. The summed E-state index contributed by atoms with van der Waals surface area (Å²) in [7, 11) is 0. The van der Waals surface area contributed by atoms with E-state index in [-0.39, 0.29) is 18.2 Å². The molecule has 172 valence electrons. The van der Waals surface area contributed by atoms with E-state index in [0.717, 1.165) is 24.0 Å². The molecule has 1 saturated heterocycles. The van der Waals surface area contributed by atoms with Crippen LogP contribution in [0.2, 0.25) is 0 Å². The van der Waals surface area contributed by atoms with Gasteiger partial charge in [-0.25, -0.2) is 4.79 Å². The molecule has 9 nitrogen and oxygen atoms in total. The standard InChI is InChI=1S/C24H25N3O6/c1-3-32-24(30)23(29)26-18-6-4-5-16(11-18)21(28)20-12-19-17(13-25-15(2)22(19)33-20)14-27-7-9-31-10-8-27/h4-6,11-13H,3,7-10,14H2,1-2H3,(H,26,29). The van der Waals surface area contributed by atoms with Gasteiger partial charge in [0.05, 0.1) is 25.5 Å². The first-order valence-electron chi connectivity index (χ1n) is 10.8. The van der Waals surface area contributed by atoms with Gasteiger partial charge in [-0.15, -0.1) is 0 Å². The summed E-state index contributed by atoms with van der Waals surface area (Å²) >= 11 is 0. The molecule has 0 spiro atoms. The number of carbonyl (C=O) groups is 3. The molecule has 0 aliphatic carbocycles. The Morgan fingerprint density at radius 2 is 1.97 bits per heavy atom. The fourth-order valence-corrected chi connectivity index (χ4v) is 3.70. The minimum absolute atomic E-state index is 0.0959. The van der Waals surface area contributed by atoms with Crippen molar-refractivity contribution in [2.24, 2.45) is 0 Å². The predicted octanol–water partition coefficient (Wildman–Crippen LogP) is 2.70. The highest BCUT2D eigenvalue weighted by molar-refractivity contribution is 6.37. The van der Waals surface area contributed by atoms with Gasteiger partial charge in [0.25, 0.3) is 0 Å². The van der Waals surface area contributed by atoms with Gasteiger partial charge in [-0.3, -0.25) is 19.5 Å². The summed E-state index contributed by atoms with van der Waals surface area (Å²) in [5.74, 6) is -2.05. The Labute approximate surface area is 190 Å². The minimum Gasteiger partial charge on any atom is -0.459 e. The number of hydrogen-bond acceptors (Lipinski definition) is 8. The summed E-state index contributed by atoms with van der Waals surface area (Å²) in [5.41, 5.74) is 2.88. The summed E-state index contributed by atoms with van der Waals surface area (Å²) in [6.45, 7) is 7.30. The number of anilines is 1. The number of rotatable bonds is 6. The van der Waals surface area contributed by atoms with Crippen molar-refractivity contribution in [1.29, 1.82) is 0 Å². The lowest BCUT2D eigenvalue weighted by atomic mass is 10.1. The monoisotopic (exact) mass is 451 g/mol. The number of fused-ring (bicyclic) bond motifs is 1. The Bertz CT molecular complexity index is 1200. The van der Waals surface area contributed by atoms with Gasteiger partial charge >= 0.3 is 11.9 Å². The Balaban J connectivity index is 1.58. The van der Waals surface area contributed by atoms with E-state index in [9.17, 15) is 14.4 Å². The van der Waals surface area contributed by atoms with Crippen LogP contribution in [0.1, 0.15) is 34.3 Å². The number of aryl methyl sites for hydroxylation is 1. The number of furan rings is 1. The third kappa shape index (κ3) is 5.10. The van der Waals surface area contributed by atoms with Crippen LogP contribution in [0.5, 0.6) is 0 Å². The maximum Gasteiger partial charge on any atom is 0.397 e. The Hall–Kier alpha value is -3.56. The van der Waals surface area contributed by atoms with Crippen LogP contribution in [-0.4, -0.2) is 60.5 Å². The van der Waals surface area contributed by atoms with Crippen LogP contribution < -0.4 is 5.32 Å². The quantitative estimate of drug-likeness (QED) is 0.346. The number of benzene rings is 1. The number of ether oxygens (including phenoxy) is 2. The van der Waals surface area contributed by atoms with Gasteiger partial charge in [0.1, 0.15) is 0 Å². The van der Waals surface area contributed by atoms with Crippen molar-refractivity contribution in [2.75, 3.05) is 38.2 Å². The van der Waals surface area contributed by atoms with E-state index < -0.39 is 11.9 Å². The van der Waals surface area contributed by atoms with Crippen LogP contribution in [0.15, 0.2) is 40.9 Å². The fourth-order valence-electron chi connectivity index (χ4n) is 3.70. The number of pyridine rings is 1. The highest BCUT2D eigenvalue weighted by atomic mass is 16.5. The number of hydrogen-bond donors (Lipinski definition) is 1. The maximum atomic E-state index is 13.2. The van der Waals surface area contributed by atoms with Gasteiger partial charge in [-0.1, -0.05) is 12.1 Å². The lowest BCUT2D eigenvalue weighted by Gasteiger charge is -2.26. The van der Waals surface area contributed by atoms with Gasteiger partial charge in [0.2, 0.25) is 5.78 Å². The molecular formula is C24H25N3O6. The van der Waals surface area contributed by atoms with Crippen LogP contribution >= 0.6 is 0 Å². The molecule has 0 unspecified atom stereocenters. The average Bonchev–Trinajstić information content (AvgIpc) is 3.28. The topological polar surface area (TPSA) is 111 Å². The van der Waals surface area contributed by atoms with Crippen molar-refractivity contribution in [3.05, 3.63) is 59.1 Å². The number of nitrogens with zero attached hydrogens (tertiary/aromatic N) is 2. The van der Waals surface area contributed by atoms with Gasteiger partial charge in [-0.05, 0) is 37.6 Å². The number of aromatic nitrogens is 1. The normalized spacial score (nSPS) is 14.2. The molecule has 1 N–H and O–H groups in total. The van der Waals surface area contributed by atoms with Crippen molar-refractivity contribution < 1.29 is 28.3 Å². The zero-order valence-electron chi connectivity index (χ0n) is 18.6. The lowest BCUT2D eigenvalue weighted by Crippen LogP contribution is -2.35. The number of morpholine rings is 1. The number of ketones is 1. The molecule has 33 heavy (non-hydrogen) atoms. The zero-order valence-corrected chi connectivity index (χ0v) is 18.6. The van der Waals surface area contributed by atoms with Crippen LogP contribution in [0.3, 0.4) is 0 Å². The molecule has 0 atom stereocenters. The molecule has 1 aromatic carbocycles. The van der Waals surface area contributed by atoms with Gasteiger partial charge in [-0.2, -0.15) is 0 Å². The minimum atomic E-state index is -0.984. The molecular weight excluding hydrogens is 426 g/mol. The molecule has 0 bridgehead atoms. The number of nitrogens with one attached hydrogen (secondary N) is 1. The number of esters is 1. The predicted molar refractivity (Wildman–Crippen MR) is 120 cm³/mol. The SMILES string of the molecule is CCOC(=O)C(=O)Nc1cccc(C(=O)c2cc3c(CN4CCOCC4)cnc(C)c3o2)c1. The highest BCUT2D eigenvalue weighted by Gasteiger charge is 2.21. The molecule has 2 aromatic heterocycles. The molecule has 1 fully saturated rings. The third-order valence-electron chi connectivity index (χ3n) is 5.39. The van der Waals surface area contributed by atoms with E-state index in [1.54, 1.807) is 31.2 Å². The molecule has 9 heteroatoms. The smallest absolute Gasteiger partial charge is 0.397 e. The van der Waals surface area contributed by atoms with E-state index in [2.05, 4.69) is 19.9 Å². The Morgan fingerprint density at radius 3 is 2.73 bits per heavy atom. The first kappa shape index (κ1) is 22.6. The molecule has 1 aliphatic rings. The molecule has 0 saturated carbocycles. The van der Waals surface area contributed by atoms with Gasteiger partial charge in [0, 0.05) is 42.5 Å². The van der Waals surface area contributed by atoms with Gasteiger partial charge < -0.3 is 19.2 Å². The molecule has 3 aromatic rings. The van der Waals surface area contributed by atoms with Crippen molar-refractivity contribution in [1.82, 2.24) is 9.88 Å². The fraction of sp³-hybridized carbons (Fsp3) is 0.333. The van der Waals surface area contributed by atoms with Crippen LogP contribution in [0, 0.1) is 6.92 Å². The maximum absolute atomic E-state index is 13.2. The summed E-state index contributed by atoms with van der Waals surface area (Å²) in [6.07, 6.45) is 1.82. The second-order valence-electron chi connectivity index (χ2n) is 7.70.